The highest BCUT2D eigenvalue weighted by molar-refractivity contribution is 7.92. The number of carbonyl (C=O) groups excluding carboxylic acids is 1. The molecule has 0 bridgehead atoms. The van der Waals surface area contributed by atoms with Crippen LogP contribution in [0.15, 0.2) is 41.6 Å². The second-order valence-electron chi connectivity index (χ2n) is 7.86. The maximum Gasteiger partial charge on any atom is 0.316 e. The molecule has 7 nitrogen and oxygen atoms in total. The Labute approximate surface area is 178 Å². The molecule has 1 amide bonds. The molecule has 0 radical (unpaired) electrons. The Morgan fingerprint density at radius 2 is 1.83 bits per heavy atom. The van der Waals surface area contributed by atoms with Crippen molar-refractivity contribution in [1.29, 1.82) is 0 Å². The largest absolute Gasteiger partial charge is 0.458 e. The Morgan fingerprint density at radius 1 is 1.17 bits per heavy atom. The molecule has 1 aliphatic heterocycles. The van der Waals surface area contributed by atoms with Gasteiger partial charge in [-0.1, -0.05) is 19.1 Å². The number of benzene rings is 1. The molecule has 1 aliphatic rings. The van der Waals surface area contributed by atoms with Gasteiger partial charge in [-0.15, -0.1) is 0 Å². The first-order valence-electron chi connectivity index (χ1n) is 10.4. The molecule has 2 aromatic rings. The van der Waals surface area contributed by atoms with Crippen LogP contribution in [0, 0.1) is 0 Å². The van der Waals surface area contributed by atoms with E-state index in [4.69, 9.17) is 4.74 Å². The zero-order chi connectivity index (χ0) is 21.7. The Balaban J connectivity index is 1.58. The molecule has 2 heterocycles. The van der Waals surface area contributed by atoms with Crippen molar-refractivity contribution >= 4 is 15.7 Å². The van der Waals surface area contributed by atoms with Crippen LogP contribution in [-0.4, -0.2) is 53.6 Å². The first-order valence-corrected chi connectivity index (χ1v) is 11.9. The van der Waals surface area contributed by atoms with E-state index in [-0.39, 0.29) is 23.3 Å². The van der Waals surface area contributed by atoms with Crippen molar-refractivity contribution in [3.8, 4) is 6.01 Å². The molecular formula is C22H29N3O4S. The number of hydrogen-bond acceptors (Lipinski definition) is 6. The third kappa shape index (κ3) is 5.36. The number of ether oxygens (including phenoxy) is 1. The SMILES string of the molecule is CCc1cnc(OC2CCCN(C(=O)Cc3ccc(S(=O)(=O)C(C)C)cc3)C2)nc1. The van der Waals surface area contributed by atoms with Gasteiger partial charge in [-0.2, -0.15) is 0 Å². The minimum absolute atomic E-state index is 0.00464. The fraction of sp³-hybridized carbons (Fsp3) is 0.500. The van der Waals surface area contributed by atoms with Gasteiger partial charge >= 0.3 is 6.01 Å². The van der Waals surface area contributed by atoms with Crippen LogP contribution >= 0.6 is 0 Å². The smallest absolute Gasteiger partial charge is 0.316 e. The molecule has 3 rings (SSSR count). The summed E-state index contributed by atoms with van der Waals surface area (Å²) in [5.74, 6) is 0.00464. The van der Waals surface area contributed by atoms with Crippen molar-refractivity contribution in [1.82, 2.24) is 14.9 Å². The molecule has 0 spiro atoms. The lowest BCUT2D eigenvalue weighted by molar-refractivity contribution is -0.133. The van der Waals surface area contributed by atoms with E-state index in [9.17, 15) is 13.2 Å². The highest BCUT2D eigenvalue weighted by atomic mass is 32.2. The molecule has 1 fully saturated rings. The van der Waals surface area contributed by atoms with Crippen LogP contribution in [0.3, 0.4) is 0 Å². The second kappa shape index (κ2) is 9.55. The highest BCUT2D eigenvalue weighted by Gasteiger charge is 2.26. The van der Waals surface area contributed by atoms with E-state index in [1.54, 1.807) is 55.4 Å². The summed E-state index contributed by atoms with van der Waals surface area (Å²) in [7, 11) is -3.31. The summed E-state index contributed by atoms with van der Waals surface area (Å²) in [6.45, 7) is 6.54. The number of hydrogen-bond donors (Lipinski definition) is 0. The topological polar surface area (TPSA) is 89.5 Å². The molecule has 0 saturated carbocycles. The van der Waals surface area contributed by atoms with Gasteiger partial charge in [-0.3, -0.25) is 4.79 Å². The molecule has 8 heteroatoms. The van der Waals surface area contributed by atoms with Crippen molar-refractivity contribution in [2.45, 2.75) is 62.7 Å². The molecule has 1 unspecified atom stereocenters. The molecule has 1 aromatic heterocycles. The zero-order valence-electron chi connectivity index (χ0n) is 17.7. The van der Waals surface area contributed by atoms with Crippen LogP contribution in [0.4, 0.5) is 0 Å². The fourth-order valence-corrected chi connectivity index (χ4v) is 4.41. The Hall–Kier alpha value is -2.48. The lowest BCUT2D eigenvalue weighted by Gasteiger charge is -2.32. The summed E-state index contributed by atoms with van der Waals surface area (Å²) < 4.78 is 30.3. The molecule has 1 aromatic carbocycles. The number of amides is 1. The lowest BCUT2D eigenvalue weighted by Crippen LogP contribution is -2.45. The van der Waals surface area contributed by atoms with Crippen LogP contribution in [-0.2, 0) is 27.5 Å². The summed E-state index contributed by atoms with van der Waals surface area (Å²) in [6, 6.07) is 6.94. The van der Waals surface area contributed by atoms with Gasteiger partial charge in [-0.25, -0.2) is 18.4 Å². The van der Waals surface area contributed by atoms with Crippen molar-refractivity contribution < 1.29 is 17.9 Å². The molecule has 30 heavy (non-hydrogen) atoms. The monoisotopic (exact) mass is 431 g/mol. The van der Waals surface area contributed by atoms with Gasteiger partial charge in [0.05, 0.1) is 23.1 Å². The maximum atomic E-state index is 12.8. The number of likely N-dealkylation sites (tertiary alicyclic amines) is 1. The van der Waals surface area contributed by atoms with Crippen molar-refractivity contribution in [3.05, 3.63) is 47.8 Å². The summed E-state index contributed by atoms with van der Waals surface area (Å²) in [5.41, 5.74) is 1.85. The molecule has 1 saturated heterocycles. The zero-order valence-corrected chi connectivity index (χ0v) is 18.6. The van der Waals surface area contributed by atoms with Gasteiger partial charge in [0.25, 0.3) is 0 Å². The predicted octanol–water partition coefficient (Wildman–Crippen LogP) is 2.83. The van der Waals surface area contributed by atoms with Gasteiger partial charge in [0.15, 0.2) is 9.84 Å². The third-order valence-corrected chi connectivity index (χ3v) is 7.49. The van der Waals surface area contributed by atoms with Gasteiger partial charge in [0, 0.05) is 18.9 Å². The quantitative estimate of drug-likeness (QED) is 0.670. The normalized spacial score (nSPS) is 17.2. The Bertz CT molecular complexity index is 957. The number of nitrogens with zero attached hydrogens (tertiary/aromatic N) is 3. The number of rotatable bonds is 7. The minimum atomic E-state index is -3.31. The van der Waals surface area contributed by atoms with Gasteiger partial charge in [-0.05, 0) is 56.4 Å². The first kappa shape index (κ1) is 22.2. The van der Waals surface area contributed by atoms with Crippen LogP contribution in [0.25, 0.3) is 0 Å². The Morgan fingerprint density at radius 3 is 2.43 bits per heavy atom. The van der Waals surface area contributed by atoms with Crippen molar-refractivity contribution in [2.75, 3.05) is 13.1 Å². The standard InChI is InChI=1S/C22H29N3O4S/c1-4-17-13-23-22(24-14-17)29-19-6-5-11-25(15-19)21(26)12-18-7-9-20(10-8-18)30(27,28)16(2)3/h7-10,13-14,16,19H,4-6,11-12,15H2,1-3H3. The predicted molar refractivity (Wildman–Crippen MR) is 114 cm³/mol. The summed E-state index contributed by atoms with van der Waals surface area (Å²) in [4.78, 5) is 23.3. The van der Waals surface area contributed by atoms with E-state index < -0.39 is 15.1 Å². The fourth-order valence-electron chi connectivity index (χ4n) is 3.35. The second-order valence-corrected chi connectivity index (χ2v) is 10.4. The molecule has 0 aliphatic carbocycles. The van der Waals surface area contributed by atoms with E-state index >= 15 is 0 Å². The van der Waals surface area contributed by atoms with E-state index in [1.165, 1.54) is 0 Å². The molecular weight excluding hydrogens is 402 g/mol. The average Bonchev–Trinajstić information content (AvgIpc) is 2.75. The molecule has 0 N–H and O–H groups in total. The van der Waals surface area contributed by atoms with Crippen LogP contribution < -0.4 is 4.74 Å². The van der Waals surface area contributed by atoms with Gasteiger partial charge < -0.3 is 9.64 Å². The van der Waals surface area contributed by atoms with Crippen LogP contribution in [0.5, 0.6) is 6.01 Å². The lowest BCUT2D eigenvalue weighted by atomic mass is 10.1. The average molecular weight is 432 g/mol. The van der Waals surface area contributed by atoms with E-state index in [1.807, 2.05) is 6.92 Å². The minimum Gasteiger partial charge on any atom is -0.458 e. The number of sulfone groups is 1. The summed E-state index contributed by atoms with van der Waals surface area (Å²) >= 11 is 0. The van der Waals surface area contributed by atoms with E-state index in [0.29, 0.717) is 19.1 Å². The summed E-state index contributed by atoms with van der Waals surface area (Å²) in [5, 5.41) is -0.475. The first-order chi connectivity index (χ1) is 14.3. The summed E-state index contributed by atoms with van der Waals surface area (Å²) in [6.07, 6.45) is 6.20. The maximum absolute atomic E-state index is 12.8. The van der Waals surface area contributed by atoms with Crippen LogP contribution in [0.1, 0.15) is 44.7 Å². The Kier molecular flexibility index (Phi) is 7.07. The third-order valence-electron chi connectivity index (χ3n) is 5.32. The van der Waals surface area contributed by atoms with E-state index in [2.05, 4.69) is 9.97 Å². The van der Waals surface area contributed by atoms with Crippen LogP contribution in [0.2, 0.25) is 0 Å². The number of aromatic nitrogens is 2. The number of aryl methyl sites for hydroxylation is 1. The number of piperidine rings is 1. The van der Waals surface area contributed by atoms with Crippen molar-refractivity contribution in [2.24, 2.45) is 0 Å². The van der Waals surface area contributed by atoms with E-state index in [0.717, 1.165) is 30.4 Å². The van der Waals surface area contributed by atoms with Crippen molar-refractivity contribution in [3.63, 3.8) is 0 Å². The highest BCUT2D eigenvalue weighted by Crippen LogP contribution is 2.19. The van der Waals surface area contributed by atoms with Gasteiger partial charge in [0.2, 0.25) is 5.91 Å². The number of carbonyl (C=O) groups is 1. The molecule has 1 atom stereocenters. The molecule has 162 valence electrons. The van der Waals surface area contributed by atoms with Gasteiger partial charge in [0.1, 0.15) is 6.10 Å².